The SMILES string of the molecule is C=CCNC(=NCc1ccccc1CN1CC(C)OC(C)C1)NCC. The molecule has 0 saturated carbocycles. The van der Waals surface area contributed by atoms with Crippen molar-refractivity contribution in [1.29, 1.82) is 0 Å². The fourth-order valence-electron chi connectivity index (χ4n) is 3.20. The quantitative estimate of drug-likeness (QED) is 0.453. The monoisotopic (exact) mass is 344 g/mol. The highest BCUT2D eigenvalue weighted by atomic mass is 16.5. The molecule has 2 atom stereocenters. The van der Waals surface area contributed by atoms with E-state index in [0.29, 0.717) is 13.1 Å². The maximum absolute atomic E-state index is 5.84. The van der Waals surface area contributed by atoms with E-state index < -0.39 is 0 Å². The lowest BCUT2D eigenvalue weighted by molar-refractivity contribution is -0.0705. The molecular weight excluding hydrogens is 312 g/mol. The number of hydrogen-bond donors (Lipinski definition) is 2. The van der Waals surface area contributed by atoms with E-state index in [1.54, 1.807) is 0 Å². The molecular formula is C20H32N4O. The van der Waals surface area contributed by atoms with Crippen LogP contribution < -0.4 is 10.6 Å². The third kappa shape index (κ3) is 6.52. The number of ether oxygens (including phenoxy) is 1. The van der Waals surface area contributed by atoms with E-state index in [2.05, 4.69) is 67.1 Å². The lowest BCUT2D eigenvalue weighted by Crippen LogP contribution is -2.44. The second-order valence-corrected chi connectivity index (χ2v) is 6.58. The Kier molecular flexibility index (Phi) is 7.95. The molecule has 5 nitrogen and oxygen atoms in total. The average molecular weight is 345 g/mol. The number of aliphatic imine (C=N–C) groups is 1. The molecule has 0 aliphatic carbocycles. The molecule has 1 aromatic rings. The first-order valence-electron chi connectivity index (χ1n) is 9.20. The van der Waals surface area contributed by atoms with Crippen molar-refractivity contribution in [2.45, 2.75) is 46.1 Å². The highest BCUT2D eigenvalue weighted by Gasteiger charge is 2.22. The van der Waals surface area contributed by atoms with Crippen LogP contribution in [0.3, 0.4) is 0 Å². The van der Waals surface area contributed by atoms with Gasteiger partial charge in [0.25, 0.3) is 0 Å². The topological polar surface area (TPSA) is 48.9 Å². The molecule has 1 fully saturated rings. The Labute approximate surface area is 152 Å². The molecule has 5 heteroatoms. The van der Waals surface area contributed by atoms with Crippen molar-refractivity contribution < 1.29 is 4.74 Å². The number of nitrogens with zero attached hydrogens (tertiary/aromatic N) is 2. The van der Waals surface area contributed by atoms with Crippen LogP contribution in [0.2, 0.25) is 0 Å². The van der Waals surface area contributed by atoms with Gasteiger partial charge in [-0.3, -0.25) is 4.90 Å². The van der Waals surface area contributed by atoms with Crippen molar-refractivity contribution in [1.82, 2.24) is 15.5 Å². The number of guanidine groups is 1. The summed E-state index contributed by atoms with van der Waals surface area (Å²) < 4.78 is 5.84. The minimum absolute atomic E-state index is 0.289. The van der Waals surface area contributed by atoms with E-state index in [1.807, 2.05) is 6.08 Å². The predicted octanol–water partition coefficient (Wildman–Crippen LogP) is 2.54. The Bertz CT molecular complexity index is 563. The highest BCUT2D eigenvalue weighted by molar-refractivity contribution is 5.79. The molecule has 2 rings (SSSR count). The number of morpholine rings is 1. The largest absolute Gasteiger partial charge is 0.373 e. The molecule has 25 heavy (non-hydrogen) atoms. The van der Waals surface area contributed by atoms with E-state index in [-0.39, 0.29) is 12.2 Å². The van der Waals surface area contributed by atoms with Gasteiger partial charge in [-0.15, -0.1) is 6.58 Å². The van der Waals surface area contributed by atoms with Gasteiger partial charge in [0.05, 0.1) is 18.8 Å². The number of rotatable bonds is 7. The summed E-state index contributed by atoms with van der Waals surface area (Å²) in [6, 6.07) is 8.57. The fraction of sp³-hybridized carbons (Fsp3) is 0.550. The Morgan fingerprint density at radius 3 is 2.56 bits per heavy atom. The lowest BCUT2D eigenvalue weighted by atomic mass is 10.1. The number of hydrogen-bond acceptors (Lipinski definition) is 3. The molecule has 0 amide bonds. The molecule has 2 unspecified atom stereocenters. The van der Waals surface area contributed by atoms with Crippen molar-refractivity contribution in [2.75, 3.05) is 26.2 Å². The number of nitrogens with one attached hydrogen (secondary N) is 2. The minimum Gasteiger partial charge on any atom is -0.373 e. The zero-order chi connectivity index (χ0) is 18.1. The van der Waals surface area contributed by atoms with E-state index >= 15 is 0 Å². The van der Waals surface area contributed by atoms with Crippen LogP contribution in [0, 0.1) is 0 Å². The molecule has 0 aromatic heterocycles. The molecule has 1 saturated heterocycles. The molecule has 1 aliphatic heterocycles. The van der Waals surface area contributed by atoms with Crippen molar-refractivity contribution in [3.63, 3.8) is 0 Å². The molecule has 1 aliphatic rings. The zero-order valence-electron chi connectivity index (χ0n) is 15.8. The zero-order valence-corrected chi connectivity index (χ0v) is 15.8. The molecule has 1 aromatic carbocycles. The standard InChI is InChI=1S/C20H32N4O/c1-5-11-22-20(21-6-2)23-12-18-9-7-8-10-19(18)15-24-13-16(3)25-17(4)14-24/h5,7-10,16-17H,1,6,11-15H2,2-4H3,(H2,21,22,23). The Hall–Kier alpha value is -1.85. The van der Waals surface area contributed by atoms with Gasteiger partial charge < -0.3 is 15.4 Å². The van der Waals surface area contributed by atoms with Crippen molar-refractivity contribution in [2.24, 2.45) is 4.99 Å². The summed E-state index contributed by atoms with van der Waals surface area (Å²) in [4.78, 5) is 7.18. The molecule has 0 bridgehead atoms. The summed E-state index contributed by atoms with van der Waals surface area (Å²) in [5.41, 5.74) is 2.61. The summed E-state index contributed by atoms with van der Waals surface area (Å²) in [5.74, 6) is 0.825. The summed E-state index contributed by atoms with van der Waals surface area (Å²) in [6.45, 7) is 15.2. The van der Waals surface area contributed by atoms with E-state index in [9.17, 15) is 0 Å². The van der Waals surface area contributed by atoms with Crippen LogP contribution in [0.5, 0.6) is 0 Å². The third-order valence-corrected chi connectivity index (χ3v) is 4.17. The van der Waals surface area contributed by atoms with E-state index in [0.717, 1.165) is 32.1 Å². The first-order chi connectivity index (χ1) is 12.1. The van der Waals surface area contributed by atoms with Crippen molar-refractivity contribution in [3.05, 3.63) is 48.0 Å². The molecule has 0 spiro atoms. The highest BCUT2D eigenvalue weighted by Crippen LogP contribution is 2.17. The van der Waals surface area contributed by atoms with Gasteiger partial charge in [0.1, 0.15) is 0 Å². The predicted molar refractivity (Wildman–Crippen MR) is 105 cm³/mol. The molecule has 1 heterocycles. The van der Waals surface area contributed by atoms with Gasteiger partial charge in [-0.1, -0.05) is 30.3 Å². The minimum atomic E-state index is 0.289. The molecule has 0 radical (unpaired) electrons. The van der Waals surface area contributed by atoms with Crippen LogP contribution in [0.4, 0.5) is 0 Å². The average Bonchev–Trinajstić information content (AvgIpc) is 2.57. The van der Waals surface area contributed by atoms with Crippen molar-refractivity contribution >= 4 is 5.96 Å². The Balaban J connectivity index is 2.05. The maximum atomic E-state index is 5.84. The van der Waals surface area contributed by atoms with Crippen LogP contribution in [-0.2, 0) is 17.8 Å². The fourth-order valence-corrected chi connectivity index (χ4v) is 3.20. The van der Waals surface area contributed by atoms with Gasteiger partial charge in [-0.25, -0.2) is 4.99 Å². The first kappa shape index (κ1) is 19.5. The Morgan fingerprint density at radius 1 is 1.24 bits per heavy atom. The maximum Gasteiger partial charge on any atom is 0.191 e. The number of benzene rings is 1. The van der Waals surface area contributed by atoms with Gasteiger partial charge in [0.2, 0.25) is 0 Å². The van der Waals surface area contributed by atoms with Gasteiger partial charge in [-0.2, -0.15) is 0 Å². The second kappa shape index (κ2) is 10.2. The third-order valence-electron chi connectivity index (χ3n) is 4.17. The summed E-state index contributed by atoms with van der Waals surface area (Å²) in [6.07, 6.45) is 2.41. The normalized spacial score (nSPS) is 21.8. The van der Waals surface area contributed by atoms with Crippen LogP contribution in [-0.4, -0.2) is 49.2 Å². The second-order valence-electron chi connectivity index (χ2n) is 6.58. The van der Waals surface area contributed by atoms with E-state index in [1.165, 1.54) is 11.1 Å². The smallest absolute Gasteiger partial charge is 0.191 e. The first-order valence-corrected chi connectivity index (χ1v) is 9.20. The molecule has 2 N–H and O–H groups in total. The van der Waals surface area contributed by atoms with E-state index in [4.69, 9.17) is 9.73 Å². The van der Waals surface area contributed by atoms with Gasteiger partial charge in [0, 0.05) is 32.7 Å². The van der Waals surface area contributed by atoms with Crippen LogP contribution >= 0.6 is 0 Å². The van der Waals surface area contributed by atoms with Gasteiger partial charge >= 0.3 is 0 Å². The lowest BCUT2D eigenvalue weighted by Gasteiger charge is -2.35. The Morgan fingerprint density at radius 2 is 1.92 bits per heavy atom. The summed E-state index contributed by atoms with van der Waals surface area (Å²) in [7, 11) is 0. The van der Waals surface area contributed by atoms with Gasteiger partial charge in [0.15, 0.2) is 5.96 Å². The van der Waals surface area contributed by atoms with Gasteiger partial charge in [-0.05, 0) is 31.9 Å². The van der Waals surface area contributed by atoms with Crippen LogP contribution in [0.15, 0.2) is 41.9 Å². The summed E-state index contributed by atoms with van der Waals surface area (Å²) in [5, 5.41) is 6.51. The van der Waals surface area contributed by atoms with Crippen LogP contribution in [0.25, 0.3) is 0 Å². The van der Waals surface area contributed by atoms with Crippen LogP contribution in [0.1, 0.15) is 31.9 Å². The summed E-state index contributed by atoms with van der Waals surface area (Å²) >= 11 is 0. The molecule has 138 valence electrons. The van der Waals surface area contributed by atoms with Crippen molar-refractivity contribution in [3.8, 4) is 0 Å².